The van der Waals surface area contributed by atoms with Crippen LogP contribution in [0.4, 0.5) is 5.69 Å². The van der Waals surface area contributed by atoms with E-state index in [9.17, 15) is 0 Å². The van der Waals surface area contributed by atoms with Crippen LogP contribution >= 0.6 is 43.5 Å². The van der Waals surface area contributed by atoms with E-state index in [1.54, 1.807) is 0 Å². The SMILES string of the molecule is Cc1cc(C)c(Cc2nc3ccccc3[nH]2)c(Br)c1.Cc1cc(C)c(N)c(Br)c1.Clc1nc2ccccc2[nH]1. The number of nitrogen functional groups attached to an aromatic ring is 1. The summed E-state index contributed by atoms with van der Waals surface area (Å²) in [7, 11) is 0. The fourth-order valence-electron chi connectivity index (χ4n) is 4.27. The average molecular weight is 668 g/mol. The largest absolute Gasteiger partial charge is 0.398 e. The number of aromatic nitrogens is 4. The zero-order valence-corrected chi connectivity index (χ0v) is 26.2. The summed E-state index contributed by atoms with van der Waals surface area (Å²) in [6, 6.07) is 24.3. The van der Waals surface area contributed by atoms with E-state index in [2.05, 4.69) is 96.8 Å². The van der Waals surface area contributed by atoms with Crippen LogP contribution in [0.3, 0.4) is 0 Å². The van der Waals surface area contributed by atoms with E-state index in [1.165, 1.54) is 22.3 Å². The van der Waals surface area contributed by atoms with Gasteiger partial charge in [-0.2, -0.15) is 0 Å². The third-order valence-electron chi connectivity index (χ3n) is 6.19. The predicted molar refractivity (Wildman–Crippen MR) is 172 cm³/mol. The Bertz CT molecular complexity index is 1630. The van der Waals surface area contributed by atoms with Crippen molar-refractivity contribution < 1.29 is 0 Å². The van der Waals surface area contributed by atoms with E-state index in [4.69, 9.17) is 17.3 Å². The van der Waals surface area contributed by atoms with Gasteiger partial charge in [0.25, 0.3) is 0 Å². The Labute approximate surface area is 250 Å². The average Bonchev–Trinajstić information content (AvgIpc) is 3.47. The molecule has 0 aliphatic rings. The number of nitrogens with two attached hydrogens (primary N) is 1. The number of nitrogens with one attached hydrogen (secondary N) is 2. The van der Waals surface area contributed by atoms with Gasteiger partial charge < -0.3 is 15.7 Å². The number of halogens is 3. The van der Waals surface area contributed by atoms with E-state index >= 15 is 0 Å². The molecule has 5 nitrogen and oxygen atoms in total. The van der Waals surface area contributed by atoms with Crippen LogP contribution in [0.15, 0.2) is 81.7 Å². The molecular weight excluding hydrogens is 638 g/mol. The van der Waals surface area contributed by atoms with Crippen LogP contribution in [0, 0.1) is 27.7 Å². The van der Waals surface area contributed by atoms with E-state index in [-0.39, 0.29) is 0 Å². The fourth-order valence-corrected chi connectivity index (χ4v) is 5.96. The molecule has 0 atom stereocenters. The van der Waals surface area contributed by atoms with Crippen LogP contribution in [0.5, 0.6) is 0 Å². The molecule has 0 radical (unpaired) electrons. The fraction of sp³-hybridized carbons (Fsp3) is 0.161. The zero-order chi connectivity index (χ0) is 28.1. The summed E-state index contributed by atoms with van der Waals surface area (Å²) in [5.74, 6) is 1.01. The second-order valence-corrected chi connectivity index (χ2v) is 11.5. The number of imidazole rings is 2. The molecule has 4 aromatic carbocycles. The summed E-state index contributed by atoms with van der Waals surface area (Å²) >= 11 is 12.6. The van der Waals surface area contributed by atoms with Crippen molar-refractivity contribution in [3.05, 3.63) is 121 Å². The summed E-state index contributed by atoms with van der Waals surface area (Å²) < 4.78 is 2.15. The Balaban J connectivity index is 0.000000149. The Morgan fingerprint density at radius 3 is 1.82 bits per heavy atom. The van der Waals surface area contributed by atoms with Crippen molar-refractivity contribution in [3.8, 4) is 0 Å². The number of fused-ring (bicyclic) bond motifs is 2. The first-order valence-electron chi connectivity index (χ1n) is 12.4. The lowest BCUT2D eigenvalue weighted by Crippen LogP contribution is -1.96. The van der Waals surface area contributed by atoms with Gasteiger partial charge in [-0.1, -0.05) is 52.3 Å². The van der Waals surface area contributed by atoms with E-state index in [1.807, 2.05) is 55.5 Å². The molecule has 0 aliphatic carbocycles. The molecule has 0 fully saturated rings. The molecule has 200 valence electrons. The molecule has 0 spiro atoms. The Kier molecular flexibility index (Phi) is 9.49. The van der Waals surface area contributed by atoms with Crippen LogP contribution < -0.4 is 5.73 Å². The minimum Gasteiger partial charge on any atom is -0.398 e. The van der Waals surface area contributed by atoms with Gasteiger partial charge in [0.05, 0.1) is 22.1 Å². The number of rotatable bonds is 2. The topological polar surface area (TPSA) is 83.4 Å². The van der Waals surface area contributed by atoms with Gasteiger partial charge in [-0.25, -0.2) is 9.97 Å². The molecule has 39 heavy (non-hydrogen) atoms. The first-order chi connectivity index (χ1) is 18.6. The lowest BCUT2D eigenvalue weighted by atomic mass is 10.0. The lowest BCUT2D eigenvalue weighted by Gasteiger charge is -2.08. The normalized spacial score (nSPS) is 10.6. The van der Waals surface area contributed by atoms with Gasteiger partial charge in [0.15, 0.2) is 0 Å². The van der Waals surface area contributed by atoms with Crippen LogP contribution in [0.1, 0.15) is 33.6 Å². The third-order valence-corrected chi connectivity index (χ3v) is 7.73. The van der Waals surface area contributed by atoms with Gasteiger partial charge in [0.2, 0.25) is 5.28 Å². The van der Waals surface area contributed by atoms with Crippen molar-refractivity contribution in [2.75, 3.05) is 5.73 Å². The van der Waals surface area contributed by atoms with Crippen LogP contribution in [-0.4, -0.2) is 19.9 Å². The second-order valence-electron chi connectivity index (χ2n) is 9.44. The highest BCUT2D eigenvalue weighted by Gasteiger charge is 2.09. The molecule has 8 heteroatoms. The monoisotopic (exact) mass is 665 g/mol. The third kappa shape index (κ3) is 7.50. The maximum Gasteiger partial charge on any atom is 0.201 e. The maximum absolute atomic E-state index is 5.70. The van der Waals surface area contributed by atoms with Gasteiger partial charge >= 0.3 is 0 Å². The summed E-state index contributed by atoms with van der Waals surface area (Å²) in [4.78, 5) is 15.0. The molecule has 0 unspecified atom stereocenters. The molecule has 6 aromatic rings. The molecule has 2 aromatic heterocycles. The van der Waals surface area contributed by atoms with Crippen molar-refractivity contribution in [1.29, 1.82) is 0 Å². The number of hydrogen-bond donors (Lipinski definition) is 3. The first kappa shape index (κ1) is 28.9. The maximum atomic E-state index is 5.70. The molecule has 6 rings (SSSR count). The van der Waals surface area contributed by atoms with Crippen molar-refractivity contribution in [3.63, 3.8) is 0 Å². The van der Waals surface area contributed by atoms with E-state index < -0.39 is 0 Å². The zero-order valence-electron chi connectivity index (χ0n) is 22.2. The number of para-hydroxylation sites is 4. The molecule has 0 saturated carbocycles. The quantitative estimate of drug-likeness (QED) is 0.161. The highest BCUT2D eigenvalue weighted by atomic mass is 79.9. The molecule has 0 saturated heterocycles. The standard InChI is InChI=1S/C16H15BrN2.C8H10BrN.C7H5ClN2/c1-10-7-11(2)12(13(17)8-10)9-16-18-14-5-3-4-6-15(14)19-16;1-5-3-6(2)8(10)7(9)4-5;8-7-9-5-3-1-2-4-6(5)10-7/h3-8H,9H2,1-2H3,(H,18,19);3-4H,10H2,1-2H3;1-4H,(H,9,10). The minimum absolute atomic E-state index is 0.446. The lowest BCUT2D eigenvalue weighted by molar-refractivity contribution is 1.02. The first-order valence-corrected chi connectivity index (χ1v) is 14.4. The van der Waals surface area contributed by atoms with E-state index in [0.717, 1.165) is 54.5 Å². The van der Waals surface area contributed by atoms with Crippen molar-refractivity contribution >= 4 is 71.2 Å². The van der Waals surface area contributed by atoms with Gasteiger partial charge in [0, 0.05) is 21.1 Å². The van der Waals surface area contributed by atoms with Crippen LogP contribution in [0.2, 0.25) is 5.28 Å². The molecular formula is C31H30Br2ClN5. The minimum atomic E-state index is 0.446. The smallest absolute Gasteiger partial charge is 0.201 e. The van der Waals surface area contributed by atoms with Crippen LogP contribution in [-0.2, 0) is 6.42 Å². The van der Waals surface area contributed by atoms with Gasteiger partial charge in [-0.15, -0.1) is 0 Å². The molecule has 0 aliphatic heterocycles. The Hall–Kier alpha value is -3.13. The highest BCUT2D eigenvalue weighted by Crippen LogP contribution is 2.26. The molecule has 2 heterocycles. The van der Waals surface area contributed by atoms with Crippen molar-refractivity contribution in [1.82, 2.24) is 19.9 Å². The number of hydrogen-bond acceptors (Lipinski definition) is 3. The van der Waals surface area contributed by atoms with Gasteiger partial charge in [-0.3, -0.25) is 0 Å². The number of aromatic amines is 2. The summed E-state index contributed by atoms with van der Waals surface area (Å²) in [5, 5.41) is 0.446. The Morgan fingerprint density at radius 1 is 0.718 bits per heavy atom. The molecule has 0 amide bonds. The molecule has 4 N–H and O–H groups in total. The Morgan fingerprint density at radius 2 is 1.26 bits per heavy atom. The summed E-state index contributed by atoms with van der Waals surface area (Å²) in [5.41, 5.74) is 16.8. The van der Waals surface area contributed by atoms with Gasteiger partial charge in [-0.05, 0) is 119 Å². The van der Waals surface area contributed by atoms with E-state index in [0.29, 0.717) is 5.28 Å². The van der Waals surface area contributed by atoms with Crippen molar-refractivity contribution in [2.45, 2.75) is 34.1 Å². The van der Waals surface area contributed by atoms with Gasteiger partial charge in [0.1, 0.15) is 5.82 Å². The summed E-state index contributed by atoms with van der Waals surface area (Å²) in [6.45, 7) is 8.32. The predicted octanol–water partition coefficient (Wildman–Crippen LogP) is 9.40. The van der Waals surface area contributed by atoms with Crippen molar-refractivity contribution in [2.24, 2.45) is 0 Å². The number of aryl methyl sites for hydroxylation is 4. The highest BCUT2D eigenvalue weighted by molar-refractivity contribution is 9.11. The number of benzene rings is 4. The van der Waals surface area contributed by atoms with Crippen LogP contribution in [0.25, 0.3) is 22.1 Å². The summed E-state index contributed by atoms with van der Waals surface area (Å²) in [6.07, 6.45) is 0.821. The number of H-pyrrole nitrogens is 2. The molecule has 0 bridgehead atoms. The number of nitrogens with zero attached hydrogens (tertiary/aromatic N) is 2. The number of anilines is 1. The second kappa shape index (κ2) is 12.8.